The number of aryl methyl sites for hydroxylation is 2. The Morgan fingerprint density at radius 2 is 1.94 bits per heavy atom. The van der Waals surface area contributed by atoms with Crippen LogP contribution in [-0.4, -0.2) is 30.4 Å². The lowest BCUT2D eigenvalue weighted by Crippen LogP contribution is -2.26. The maximum absolute atomic E-state index is 13.8. The normalized spacial score (nSPS) is 18.2. The van der Waals surface area contributed by atoms with Gasteiger partial charge in [0.05, 0.1) is 25.7 Å². The summed E-state index contributed by atoms with van der Waals surface area (Å²) in [7, 11) is 0. The number of hydrogen-bond donors (Lipinski definition) is 0. The van der Waals surface area contributed by atoms with E-state index < -0.39 is 24.9 Å². The van der Waals surface area contributed by atoms with E-state index in [9.17, 15) is 17.6 Å². The number of rotatable bonds is 5. The minimum Gasteiger partial charge on any atom is -0.361 e. The molecule has 0 aromatic carbocycles. The fraction of sp³-hybridized carbons (Fsp3) is 0.435. The lowest BCUT2D eigenvalue weighted by atomic mass is 9.87. The first-order valence-corrected chi connectivity index (χ1v) is 10.6. The van der Waals surface area contributed by atoms with Gasteiger partial charge in [0.15, 0.2) is 0 Å². The number of pyridine rings is 1. The van der Waals surface area contributed by atoms with Crippen LogP contribution in [0.2, 0.25) is 0 Å². The fourth-order valence-electron chi connectivity index (χ4n) is 4.40. The summed E-state index contributed by atoms with van der Waals surface area (Å²) >= 11 is 0. The van der Waals surface area contributed by atoms with Gasteiger partial charge in [0.25, 0.3) is 0 Å². The van der Waals surface area contributed by atoms with Gasteiger partial charge in [-0.25, -0.2) is 13.5 Å². The third-order valence-electron chi connectivity index (χ3n) is 6.11. The maximum atomic E-state index is 13.8. The Morgan fingerprint density at radius 1 is 1.18 bits per heavy atom. The molecule has 1 saturated carbocycles. The van der Waals surface area contributed by atoms with Crippen LogP contribution in [0.5, 0.6) is 0 Å². The molecule has 0 unspecified atom stereocenters. The number of hydrogen-bond acceptors (Lipinski definition) is 4. The van der Waals surface area contributed by atoms with Crippen molar-refractivity contribution >= 4 is 11.0 Å². The zero-order valence-corrected chi connectivity index (χ0v) is 18.0. The molecule has 0 saturated heterocycles. The molecule has 4 aromatic heterocycles. The molecule has 10 heteroatoms. The van der Waals surface area contributed by atoms with Crippen LogP contribution in [0.3, 0.4) is 0 Å². The fourth-order valence-corrected chi connectivity index (χ4v) is 4.40. The minimum absolute atomic E-state index is 0.0231. The zero-order valence-electron chi connectivity index (χ0n) is 20.0. The van der Waals surface area contributed by atoms with Gasteiger partial charge in [-0.05, 0) is 38.7 Å². The summed E-state index contributed by atoms with van der Waals surface area (Å²) in [5.41, 5.74) is 3.56. The second-order valence-electron chi connectivity index (χ2n) is 8.45. The van der Waals surface area contributed by atoms with Gasteiger partial charge >= 0.3 is 6.55 Å². The lowest BCUT2D eigenvalue weighted by Gasteiger charge is -2.28. The van der Waals surface area contributed by atoms with Gasteiger partial charge in [-0.2, -0.15) is 13.9 Å². The van der Waals surface area contributed by atoms with Gasteiger partial charge in [-0.15, -0.1) is 0 Å². The van der Waals surface area contributed by atoms with Crippen LogP contribution in [0.4, 0.5) is 17.6 Å². The highest BCUT2D eigenvalue weighted by atomic mass is 19.3. The highest BCUT2D eigenvalue weighted by Crippen LogP contribution is 2.39. The molecule has 4 aromatic rings. The topological polar surface area (TPSA) is 61.7 Å². The van der Waals surface area contributed by atoms with E-state index in [1.54, 1.807) is 26.1 Å². The summed E-state index contributed by atoms with van der Waals surface area (Å²) in [6.45, 7) is -1.32. The molecule has 1 aliphatic carbocycles. The average Bonchev–Trinajstić information content (AvgIpc) is 3.50. The monoisotopic (exact) mass is 463 g/mol. The van der Waals surface area contributed by atoms with E-state index in [1.165, 1.54) is 23.2 Å². The first-order chi connectivity index (χ1) is 16.5. The van der Waals surface area contributed by atoms with E-state index >= 15 is 0 Å². The SMILES string of the molecule is [2H]C([2H])(C1CCC(F)(F)CC1)n1cc(-c2cnn(C(F)F)c2)c2ncc(-c3c(C)noc3C)cc21. The molecule has 4 heterocycles. The van der Waals surface area contributed by atoms with Crippen LogP contribution >= 0.6 is 0 Å². The van der Waals surface area contributed by atoms with E-state index in [2.05, 4.69) is 15.2 Å². The summed E-state index contributed by atoms with van der Waals surface area (Å²) in [5, 5.41) is 7.66. The van der Waals surface area contributed by atoms with Crippen LogP contribution < -0.4 is 0 Å². The summed E-state index contributed by atoms with van der Waals surface area (Å²) in [6.07, 6.45) is 4.83. The summed E-state index contributed by atoms with van der Waals surface area (Å²) in [6, 6.07) is 1.74. The molecule has 1 fully saturated rings. The summed E-state index contributed by atoms with van der Waals surface area (Å²) in [4.78, 5) is 4.55. The molecule has 0 amide bonds. The molecular weight excluding hydrogens is 438 g/mol. The Kier molecular flexibility index (Phi) is 4.68. The number of alkyl halides is 4. The summed E-state index contributed by atoms with van der Waals surface area (Å²) < 4.78 is 78.9. The third-order valence-corrected chi connectivity index (χ3v) is 6.11. The Morgan fingerprint density at radius 3 is 2.58 bits per heavy atom. The van der Waals surface area contributed by atoms with Crippen molar-refractivity contribution in [3.8, 4) is 22.3 Å². The molecule has 0 N–H and O–H groups in total. The van der Waals surface area contributed by atoms with E-state index in [-0.39, 0.29) is 25.7 Å². The first kappa shape index (κ1) is 19.3. The molecule has 0 atom stereocenters. The number of nitrogens with zero attached hydrogens (tertiary/aromatic N) is 5. The predicted molar refractivity (Wildman–Crippen MR) is 114 cm³/mol. The Labute approximate surface area is 190 Å². The van der Waals surface area contributed by atoms with Gasteiger partial charge < -0.3 is 9.09 Å². The van der Waals surface area contributed by atoms with Crippen LogP contribution in [0, 0.1) is 19.8 Å². The van der Waals surface area contributed by atoms with Crippen molar-refractivity contribution < 1.29 is 24.8 Å². The second-order valence-corrected chi connectivity index (χ2v) is 8.45. The van der Waals surface area contributed by atoms with Crippen molar-refractivity contribution in [1.82, 2.24) is 24.5 Å². The zero-order chi connectivity index (χ0) is 25.1. The van der Waals surface area contributed by atoms with Crippen LogP contribution in [0.15, 0.2) is 35.4 Å². The van der Waals surface area contributed by atoms with E-state index in [0.717, 1.165) is 5.56 Å². The molecule has 6 nitrogen and oxygen atoms in total. The molecule has 1 aliphatic rings. The Bertz CT molecular complexity index is 1360. The summed E-state index contributed by atoms with van der Waals surface area (Å²) in [5.74, 6) is -2.88. The minimum atomic E-state index is -2.83. The molecule has 0 bridgehead atoms. The quantitative estimate of drug-likeness (QED) is 0.322. The number of fused-ring (bicyclic) bond motifs is 1. The van der Waals surface area contributed by atoms with Crippen molar-refractivity contribution in [3.05, 3.63) is 42.3 Å². The van der Waals surface area contributed by atoms with Gasteiger partial charge in [-0.3, -0.25) is 4.98 Å². The van der Waals surface area contributed by atoms with Crippen molar-refractivity contribution in [2.24, 2.45) is 5.92 Å². The van der Waals surface area contributed by atoms with Crippen LogP contribution in [0.25, 0.3) is 33.3 Å². The van der Waals surface area contributed by atoms with Crippen molar-refractivity contribution in [1.29, 1.82) is 0 Å². The van der Waals surface area contributed by atoms with Crippen LogP contribution in [0.1, 0.15) is 46.4 Å². The third kappa shape index (κ3) is 4.02. The van der Waals surface area contributed by atoms with E-state index in [4.69, 9.17) is 7.26 Å². The lowest BCUT2D eigenvalue weighted by molar-refractivity contribution is -0.0472. The highest BCUT2D eigenvalue weighted by Gasteiger charge is 2.35. The average molecular weight is 463 g/mol. The van der Waals surface area contributed by atoms with Gasteiger partial charge in [-0.1, -0.05) is 5.16 Å². The number of halogens is 4. The molecule has 174 valence electrons. The highest BCUT2D eigenvalue weighted by molar-refractivity contribution is 5.94. The van der Waals surface area contributed by atoms with E-state index in [0.29, 0.717) is 43.9 Å². The molecule has 0 spiro atoms. The molecule has 5 rings (SSSR count). The van der Waals surface area contributed by atoms with E-state index in [1.807, 2.05) is 0 Å². The molecule has 0 aliphatic heterocycles. The van der Waals surface area contributed by atoms with Crippen molar-refractivity contribution in [3.63, 3.8) is 0 Å². The standard InChI is InChI=1S/C23H23F4N5O/c1-13-20(14(2)33-30-13)16-7-19-21(28-8-16)18(17-9-29-32(11-17)22(24)25)12-31(19)10-15-3-5-23(26,27)6-4-15/h7-9,11-12,15,22H,3-6,10H2,1-2H3/i10D2. The van der Waals surface area contributed by atoms with Gasteiger partial charge in [0, 0.05) is 60.2 Å². The van der Waals surface area contributed by atoms with Gasteiger partial charge in [0.1, 0.15) is 5.76 Å². The van der Waals surface area contributed by atoms with Crippen molar-refractivity contribution in [2.45, 2.75) is 58.5 Å². The maximum Gasteiger partial charge on any atom is 0.333 e. The molecule has 0 radical (unpaired) electrons. The van der Waals surface area contributed by atoms with Crippen molar-refractivity contribution in [2.75, 3.05) is 0 Å². The number of aromatic nitrogens is 5. The molecule has 33 heavy (non-hydrogen) atoms. The van der Waals surface area contributed by atoms with Gasteiger partial charge in [0.2, 0.25) is 5.92 Å². The Balaban J connectivity index is 1.68. The smallest absolute Gasteiger partial charge is 0.333 e. The first-order valence-electron chi connectivity index (χ1n) is 11.6. The molecular formula is C23H23F4N5O. The second kappa shape index (κ2) is 8.00. The Hall–Kier alpha value is -3.17. The predicted octanol–water partition coefficient (Wildman–Crippen LogP) is 6.39. The van der Waals surface area contributed by atoms with Crippen LogP contribution in [-0.2, 0) is 6.50 Å². The largest absolute Gasteiger partial charge is 0.361 e.